The van der Waals surface area contributed by atoms with Gasteiger partial charge in [0.2, 0.25) is 0 Å². The molecule has 0 N–H and O–H groups in total. The summed E-state index contributed by atoms with van der Waals surface area (Å²) in [6.45, 7) is 11.6. The van der Waals surface area contributed by atoms with Crippen molar-refractivity contribution in [2.45, 2.75) is 33.1 Å². The first kappa shape index (κ1) is 16.0. The summed E-state index contributed by atoms with van der Waals surface area (Å²) in [6, 6.07) is 3.64. The summed E-state index contributed by atoms with van der Waals surface area (Å²) in [5.41, 5.74) is 2.48. The molecule has 0 unspecified atom stereocenters. The van der Waals surface area contributed by atoms with Gasteiger partial charge in [0.25, 0.3) is 0 Å². The van der Waals surface area contributed by atoms with E-state index in [-0.39, 0.29) is 5.97 Å². The number of hydrogen-bond donors (Lipinski definition) is 0. The minimum Gasteiger partial charge on any atom is -0.465 e. The van der Waals surface area contributed by atoms with E-state index in [9.17, 15) is 4.79 Å². The van der Waals surface area contributed by atoms with Crippen LogP contribution in [0.3, 0.4) is 0 Å². The van der Waals surface area contributed by atoms with E-state index in [1.165, 1.54) is 6.26 Å². The van der Waals surface area contributed by atoms with Crippen LogP contribution in [0.2, 0.25) is 0 Å². The van der Waals surface area contributed by atoms with Crippen molar-refractivity contribution in [2.24, 2.45) is 0 Å². The van der Waals surface area contributed by atoms with E-state index in [0.717, 1.165) is 29.7 Å². The van der Waals surface area contributed by atoms with Crippen LogP contribution in [0.25, 0.3) is 0 Å². The Kier molecular flexibility index (Phi) is 6.57. The molecule has 1 aromatic rings. The van der Waals surface area contributed by atoms with E-state index in [0.29, 0.717) is 18.6 Å². The van der Waals surface area contributed by atoms with Crippen LogP contribution in [0.4, 0.5) is 0 Å². The molecule has 0 aliphatic carbocycles. The molecule has 3 nitrogen and oxygen atoms in total. The minimum atomic E-state index is -0.305. The third-order valence-electron chi connectivity index (χ3n) is 2.84. The van der Waals surface area contributed by atoms with Crippen molar-refractivity contribution in [1.29, 1.82) is 0 Å². The molecule has 0 spiro atoms. The summed E-state index contributed by atoms with van der Waals surface area (Å²) < 4.78 is 10.6. The molecule has 0 heterocycles. The monoisotopic (exact) mass is 274 g/mol. The topological polar surface area (TPSA) is 35.5 Å². The predicted octanol–water partition coefficient (Wildman–Crippen LogP) is 4.07. The first-order chi connectivity index (χ1) is 9.67. The molecular weight excluding hydrogens is 252 g/mol. The van der Waals surface area contributed by atoms with Gasteiger partial charge in [-0.2, -0.15) is 0 Å². The van der Waals surface area contributed by atoms with Crippen LogP contribution in [0.1, 0.15) is 41.8 Å². The first-order valence-corrected chi connectivity index (χ1v) is 6.89. The number of rotatable bonds is 8. The van der Waals surface area contributed by atoms with Crippen LogP contribution in [0.15, 0.2) is 37.6 Å². The molecule has 0 amide bonds. The summed E-state index contributed by atoms with van der Waals surface area (Å²) in [5.74, 6) is 0.468. The fraction of sp³-hybridized carbons (Fsp3) is 0.353. The normalized spacial score (nSPS) is 9.90. The van der Waals surface area contributed by atoms with E-state index in [4.69, 9.17) is 9.47 Å². The summed E-state index contributed by atoms with van der Waals surface area (Å²) >= 11 is 0. The van der Waals surface area contributed by atoms with Gasteiger partial charge in [-0.1, -0.05) is 26.0 Å². The fourth-order valence-corrected chi connectivity index (χ4v) is 2.08. The predicted molar refractivity (Wildman–Crippen MR) is 81.1 cm³/mol. The van der Waals surface area contributed by atoms with Gasteiger partial charge >= 0.3 is 5.97 Å². The van der Waals surface area contributed by atoms with Crippen LogP contribution >= 0.6 is 0 Å². The Morgan fingerprint density at radius 3 is 2.50 bits per heavy atom. The van der Waals surface area contributed by atoms with E-state index in [1.807, 2.05) is 6.07 Å². The van der Waals surface area contributed by atoms with Gasteiger partial charge in [-0.3, -0.25) is 0 Å². The SMILES string of the molecule is C=CCc1cc(C(=O)OCC)cc(CCC)c1OC=C. The Bertz CT molecular complexity index is 489. The Hall–Kier alpha value is -2.03. The Morgan fingerprint density at radius 2 is 1.95 bits per heavy atom. The third-order valence-corrected chi connectivity index (χ3v) is 2.84. The van der Waals surface area contributed by atoms with Crippen molar-refractivity contribution in [3.63, 3.8) is 0 Å². The van der Waals surface area contributed by atoms with Gasteiger partial charge in [0.05, 0.1) is 18.4 Å². The maximum absolute atomic E-state index is 11.9. The molecule has 108 valence electrons. The van der Waals surface area contributed by atoms with E-state index in [1.54, 1.807) is 19.1 Å². The Morgan fingerprint density at radius 1 is 1.25 bits per heavy atom. The van der Waals surface area contributed by atoms with Gasteiger partial charge in [0.1, 0.15) is 5.75 Å². The van der Waals surface area contributed by atoms with Crippen LogP contribution in [0.5, 0.6) is 5.75 Å². The van der Waals surface area contributed by atoms with Gasteiger partial charge in [-0.05, 0) is 43.0 Å². The first-order valence-electron chi connectivity index (χ1n) is 6.89. The quantitative estimate of drug-likeness (QED) is 0.407. The molecule has 1 aromatic carbocycles. The molecule has 0 atom stereocenters. The highest BCUT2D eigenvalue weighted by molar-refractivity contribution is 5.90. The molecule has 1 rings (SSSR count). The average Bonchev–Trinajstić information content (AvgIpc) is 2.43. The lowest BCUT2D eigenvalue weighted by atomic mass is 9.99. The van der Waals surface area contributed by atoms with Gasteiger partial charge in [0.15, 0.2) is 0 Å². The van der Waals surface area contributed by atoms with E-state index < -0.39 is 0 Å². The molecule has 0 saturated carbocycles. The maximum atomic E-state index is 11.9. The van der Waals surface area contributed by atoms with Gasteiger partial charge in [0, 0.05) is 0 Å². The van der Waals surface area contributed by atoms with Crippen LogP contribution in [-0.4, -0.2) is 12.6 Å². The Balaban J connectivity index is 3.31. The Labute approximate surface area is 120 Å². The second-order valence-electron chi connectivity index (χ2n) is 4.37. The highest BCUT2D eigenvalue weighted by Crippen LogP contribution is 2.29. The van der Waals surface area contributed by atoms with Gasteiger partial charge in [-0.25, -0.2) is 4.79 Å². The van der Waals surface area contributed by atoms with Gasteiger partial charge in [-0.15, -0.1) is 6.58 Å². The number of benzene rings is 1. The molecule has 20 heavy (non-hydrogen) atoms. The number of esters is 1. The molecule has 0 bridgehead atoms. The number of carbonyl (C=O) groups is 1. The lowest BCUT2D eigenvalue weighted by Crippen LogP contribution is -2.07. The van der Waals surface area contributed by atoms with Crippen LogP contribution in [0, 0.1) is 0 Å². The largest absolute Gasteiger partial charge is 0.465 e. The molecule has 0 aliphatic heterocycles. The molecule has 0 saturated heterocycles. The maximum Gasteiger partial charge on any atom is 0.338 e. The minimum absolute atomic E-state index is 0.305. The highest BCUT2D eigenvalue weighted by atomic mass is 16.5. The smallest absolute Gasteiger partial charge is 0.338 e. The highest BCUT2D eigenvalue weighted by Gasteiger charge is 2.15. The fourth-order valence-electron chi connectivity index (χ4n) is 2.08. The zero-order valence-corrected chi connectivity index (χ0v) is 12.3. The number of allylic oxidation sites excluding steroid dienone is 1. The zero-order valence-electron chi connectivity index (χ0n) is 12.3. The zero-order chi connectivity index (χ0) is 15.0. The molecule has 3 heteroatoms. The summed E-state index contributed by atoms with van der Waals surface area (Å²) in [5, 5.41) is 0. The summed E-state index contributed by atoms with van der Waals surface area (Å²) in [6.07, 6.45) is 5.63. The van der Waals surface area contributed by atoms with E-state index >= 15 is 0 Å². The molecule has 0 fully saturated rings. The number of carbonyl (C=O) groups excluding carboxylic acids is 1. The number of ether oxygens (including phenoxy) is 2. The molecule has 0 radical (unpaired) electrons. The third kappa shape index (κ3) is 3.98. The van der Waals surface area contributed by atoms with Crippen molar-refractivity contribution >= 4 is 5.97 Å². The van der Waals surface area contributed by atoms with Crippen molar-refractivity contribution in [3.8, 4) is 5.75 Å². The summed E-state index contributed by atoms with van der Waals surface area (Å²) in [4.78, 5) is 11.9. The average molecular weight is 274 g/mol. The second-order valence-corrected chi connectivity index (χ2v) is 4.37. The molecule has 0 aromatic heterocycles. The van der Waals surface area contributed by atoms with Gasteiger partial charge < -0.3 is 9.47 Å². The van der Waals surface area contributed by atoms with Crippen LogP contribution < -0.4 is 4.74 Å². The standard InChI is InChI=1S/C17H22O3/c1-5-9-13-11-15(17(18)20-8-4)12-14(10-6-2)16(13)19-7-3/h5,7,11-12H,1,3,6,8-10H2,2,4H3. The van der Waals surface area contributed by atoms with Crippen molar-refractivity contribution in [1.82, 2.24) is 0 Å². The number of aryl methyl sites for hydroxylation is 1. The summed E-state index contributed by atoms with van der Waals surface area (Å²) in [7, 11) is 0. The van der Waals surface area contributed by atoms with Crippen LogP contribution in [-0.2, 0) is 17.6 Å². The number of hydrogen-bond acceptors (Lipinski definition) is 3. The lowest BCUT2D eigenvalue weighted by Gasteiger charge is -2.14. The van der Waals surface area contributed by atoms with Crippen molar-refractivity contribution in [2.75, 3.05) is 6.61 Å². The van der Waals surface area contributed by atoms with E-state index in [2.05, 4.69) is 20.1 Å². The molecular formula is C17H22O3. The van der Waals surface area contributed by atoms with Crippen molar-refractivity contribution in [3.05, 3.63) is 54.3 Å². The second kappa shape index (κ2) is 8.20. The van der Waals surface area contributed by atoms with Crippen molar-refractivity contribution < 1.29 is 14.3 Å². The lowest BCUT2D eigenvalue weighted by molar-refractivity contribution is 0.0526. The molecule has 0 aliphatic rings.